The highest BCUT2D eigenvalue weighted by molar-refractivity contribution is 5.92. The van der Waals surface area contributed by atoms with Crippen molar-refractivity contribution in [2.24, 2.45) is 105 Å². The first-order valence-corrected chi connectivity index (χ1v) is 21.8. The summed E-state index contributed by atoms with van der Waals surface area (Å²) >= 11 is 0. The quantitative estimate of drug-likeness (QED) is 0.259. The summed E-state index contributed by atoms with van der Waals surface area (Å²) in [5, 5.41) is 24.5. The van der Waals surface area contributed by atoms with Crippen molar-refractivity contribution in [3.63, 3.8) is 0 Å². The summed E-state index contributed by atoms with van der Waals surface area (Å²) in [5.41, 5.74) is -1.64. The molecule has 2 N–H and O–H groups in total. The molecule has 0 heterocycles. The van der Waals surface area contributed by atoms with Gasteiger partial charge in [-0.3, -0.25) is 19.2 Å². The smallest absolute Gasteiger partial charge is 0.313 e. The Balaban J connectivity index is 0.000000133. The van der Waals surface area contributed by atoms with E-state index >= 15 is 0 Å². The van der Waals surface area contributed by atoms with Crippen LogP contribution in [0.15, 0.2) is 60.7 Å². The Bertz CT molecular complexity index is 1960. The minimum absolute atomic E-state index is 0.000349. The predicted molar refractivity (Wildman–Crippen MR) is 206 cm³/mol. The summed E-state index contributed by atoms with van der Waals surface area (Å²) in [6, 6.07) is 20.0. The van der Waals surface area contributed by atoms with E-state index in [9.17, 15) is 29.4 Å². The standard InChI is InChI=1S/2C24H28O5/c2*1-4-13-15-14-16-18(20(25)28-2)23(15,21(26)29-3)19(22(16)10-11-22)17(14)24(13,27)12-8-6-5-7-9-12/h2*5-9,13-19,27H,4,10-11H2,1-3H3/t2*13-,14+,15-,16+,17+,18+,19+,23+,24+/m10/s1. The molecule has 12 fully saturated rings. The highest BCUT2D eigenvalue weighted by Gasteiger charge is 2.99. The lowest BCUT2D eigenvalue weighted by atomic mass is 9.53. The fourth-order valence-electron chi connectivity index (χ4n) is 19.1. The highest BCUT2D eigenvalue weighted by Crippen LogP contribution is 2.97. The molecule has 12 bridgehead atoms. The van der Waals surface area contributed by atoms with E-state index in [-0.39, 0.29) is 106 Å². The van der Waals surface area contributed by atoms with E-state index in [1.54, 1.807) is 0 Å². The molecule has 0 radical (unpaired) electrons. The van der Waals surface area contributed by atoms with Crippen LogP contribution in [0.25, 0.3) is 0 Å². The molecule has 10 heteroatoms. The predicted octanol–water partition coefficient (Wildman–Crippen LogP) is 5.53. The molecule has 12 aliphatic carbocycles. The fraction of sp³-hybridized carbons (Fsp3) is 0.667. The van der Waals surface area contributed by atoms with Crippen molar-refractivity contribution in [2.45, 2.75) is 63.6 Å². The summed E-state index contributed by atoms with van der Waals surface area (Å²) in [6.07, 6.45) is 5.68. The summed E-state index contributed by atoms with van der Waals surface area (Å²) < 4.78 is 21.2. The normalized spacial score (nSPS) is 49.0. The Morgan fingerprint density at radius 3 is 1.16 bits per heavy atom. The molecule has 2 aromatic carbocycles. The third-order valence-electron chi connectivity index (χ3n) is 19.7. The number of methoxy groups -OCH3 is 4. The average Bonchev–Trinajstić information content (AvgIpc) is 3.78. The van der Waals surface area contributed by atoms with Crippen LogP contribution in [0.1, 0.15) is 63.5 Å². The minimum Gasteiger partial charge on any atom is -0.469 e. The molecule has 0 amide bonds. The number of hydrogen-bond acceptors (Lipinski definition) is 10. The van der Waals surface area contributed by atoms with Crippen LogP contribution in [-0.4, -0.2) is 62.5 Å². The number of ether oxygens (including phenoxy) is 4. The molecule has 0 unspecified atom stereocenters. The van der Waals surface area contributed by atoms with Crippen LogP contribution < -0.4 is 0 Å². The van der Waals surface area contributed by atoms with Crippen LogP contribution in [0.2, 0.25) is 0 Å². The summed E-state index contributed by atoms with van der Waals surface area (Å²) in [5.74, 6) is -1.44. The zero-order chi connectivity index (χ0) is 40.7. The van der Waals surface area contributed by atoms with E-state index in [0.717, 1.165) is 49.7 Å². The first-order chi connectivity index (χ1) is 27.9. The van der Waals surface area contributed by atoms with Crippen LogP contribution in [0.5, 0.6) is 0 Å². The van der Waals surface area contributed by atoms with Crippen LogP contribution in [0, 0.1) is 105 Å². The van der Waals surface area contributed by atoms with E-state index in [2.05, 4.69) is 13.8 Å². The maximum Gasteiger partial charge on any atom is 0.313 e. The second-order valence-electron chi connectivity index (χ2n) is 20.0. The average molecular weight is 793 g/mol. The molecule has 2 spiro atoms. The number of hydrogen-bond donors (Lipinski definition) is 2. The fourth-order valence-corrected chi connectivity index (χ4v) is 19.1. The Kier molecular flexibility index (Phi) is 7.41. The third-order valence-corrected chi connectivity index (χ3v) is 19.7. The van der Waals surface area contributed by atoms with Crippen LogP contribution in [0.3, 0.4) is 0 Å². The van der Waals surface area contributed by atoms with Crippen molar-refractivity contribution in [1.29, 1.82) is 0 Å². The molecule has 12 aliphatic rings. The molecule has 0 saturated heterocycles. The van der Waals surface area contributed by atoms with Crippen molar-refractivity contribution >= 4 is 23.9 Å². The first-order valence-electron chi connectivity index (χ1n) is 21.8. The second kappa shape index (κ2) is 11.5. The van der Waals surface area contributed by atoms with E-state index in [4.69, 9.17) is 18.9 Å². The van der Waals surface area contributed by atoms with Gasteiger partial charge in [0.25, 0.3) is 0 Å². The molecular formula is C48H56O10. The Morgan fingerprint density at radius 1 is 0.534 bits per heavy atom. The van der Waals surface area contributed by atoms with Crippen LogP contribution >= 0.6 is 0 Å². The Morgan fingerprint density at radius 2 is 0.879 bits per heavy atom. The van der Waals surface area contributed by atoms with E-state index in [1.165, 1.54) is 28.4 Å². The number of carbonyl (C=O) groups is 4. The zero-order valence-corrected chi connectivity index (χ0v) is 34.3. The summed E-state index contributed by atoms with van der Waals surface area (Å²) in [7, 11) is 5.72. The van der Waals surface area contributed by atoms with E-state index in [1.807, 2.05) is 60.7 Å². The number of carbonyl (C=O) groups excluding carboxylic acids is 4. The lowest BCUT2D eigenvalue weighted by Gasteiger charge is -2.51. The SMILES string of the molecule is CC[C@@H]1[C@@H]2[C@H]3[C@H]4[C@@H](C(=O)OC)[C@]2(C(=O)OC)[C@@H]([C@H]3[C@]1(O)c1ccccc1)C41CC1.CC[C@H]1[C@H]2[C@@H]3[C@@H]4[C@H](C(=O)OC)[C@@]2(C(=O)OC)[C@H]([C@@H]3[C@@]1(O)c1ccccc1)C41CC1. The monoisotopic (exact) mass is 792 g/mol. The van der Waals surface area contributed by atoms with Gasteiger partial charge in [0.15, 0.2) is 0 Å². The van der Waals surface area contributed by atoms with Crippen LogP contribution in [-0.2, 0) is 49.3 Å². The minimum atomic E-state index is -0.945. The maximum atomic E-state index is 13.5. The lowest BCUT2D eigenvalue weighted by Crippen LogP contribution is -2.58. The van der Waals surface area contributed by atoms with Gasteiger partial charge >= 0.3 is 23.9 Å². The molecule has 0 aliphatic heterocycles. The van der Waals surface area contributed by atoms with Crippen molar-refractivity contribution in [1.82, 2.24) is 0 Å². The molecular weight excluding hydrogens is 737 g/mol. The van der Waals surface area contributed by atoms with Gasteiger partial charge in [0.1, 0.15) is 0 Å². The van der Waals surface area contributed by atoms with Gasteiger partial charge in [-0.25, -0.2) is 0 Å². The number of benzene rings is 2. The van der Waals surface area contributed by atoms with Gasteiger partial charge in [-0.1, -0.05) is 74.5 Å². The van der Waals surface area contributed by atoms with Gasteiger partial charge in [0.05, 0.1) is 62.3 Å². The zero-order valence-electron chi connectivity index (χ0n) is 34.3. The van der Waals surface area contributed by atoms with Gasteiger partial charge in [-0.15, -0.1) is 0 Å². The Hall–Kier alpha value is -3.76. The largest absolute Gasteiger partial charge is 0.469 e. The van der Waals surface area contributed by atoms with Gasteiger partial charge in [0, 0.05) is 11.8 Å². The molecule has 0 aromatic heterocycles. The molecule has 10 nitrogen and oxygen atoms in total. The van der Waals surface area contributed by atoms with Gasteiger partial charge in [0.2, 0.25) is 0 Å². The summed E-state index contributed by atoms with van der Waals surface area (Å²) in [4.78, 5) is 52.9. The number of rotatable bonds is 8. The maximum absolute atomic E-state index is 13.5. The second-order valence-corrected chi connectivity index (χ2v) is 20.0. The molecule has 308 valence electrons. The first kappa shape index (κ1) is 37.3. The van der Waals surface area contributed by atoms with Gasteiger partial charge in [-0.05, 0) is 120 Å². The van der Waals surface area contributed by atoms with Crippen molar-refractivity contribution in [3.8, 4) is 0 Å². The lowest BCUT2D eigenvalue weighted by molar-refractivity contribution is -0.190. The third kappa shape index (κ3) is 3.49. The number of aliphatic hydroxyl groups is 2. The van der Waals surface area contributed by atoms with E-state index < -0.39 is 33.9 Å². The summed E-state index contributed by atoms with van der Waals surface area (Å²) in [6.45, 7) is 4.19. The van der Waals surface area contributed by atoms with Crippen LogP contribution in [0.4, 0.5) is 0 Å². The van der Waals surface area contributed by atoms with E-state index in [0.29, 0.717) is 0 Å². The Labute approximate surface area is 339 Å². The molecule has 12 saturated carbocycles. The molecule has 18 atom stereocenters. The van der Waals surface area contributed by atoms with Crippen molar-refractivity contribution < 1.29 is 48.3 Å². The molecule has 14 rings (SSSR count). The van der Waals surface area contributed by atoms with Crippen molar-refractivity contribution in [2.75, 3.05) is 28.4 Å². The van der Waals surface area contributed by atoms with Gasteiger partial charge < -0.3 is 29.2 Å². The molecule has 58 heavy (non-hydrogen) atoms. The molecule has 2 aromatic rings. The van der Waals surface area contributed by atoms with Crippen molar-refractivity contribution in [3.05, 3.63) is 71.8 Å². The van der Waals surface area contributed by atoms with Gasteiger partial charge in [-0.2, -0.15) is 0 Å². The number of esters is 4. The topological polar surface area (TPSA) is 146 Å². The highest BCUT2D eigenvalue weighted by atomic mass is 16.5.